The fourth-order valence-electron chi connectivity index (χ4n) is 1.57. The second-order valence-electron chi connectivity index (χ2n) is 4.03. The quantitative estimate of drug-likeness (QED) is 0.857. The molecule has 8 heteroatoms. The van der Waals surface area contributed by atoms with E-state index in [4.69, 9.17) is 11.6 Å². The van der Waals surface area contributed by atoms with Crippen LogP contribution in [0.5, 0.6) is 0 Å². The molecule has 0 aliphatic heterocycles. The highest BCUT2D eigenvalue weighted by Crippen LogP contribution is 2.31. The van der Waals surface area contributed by atoms with Crippen LogP contribution in [0.25, 0.3) is 0 Å². The summed E-state index contributed by atoms with van der Waals surface area (Å²) < 4.78 is 13.5. The summed E-state index contributed by atoms with van der Waals surface area (Å²) in [5.74, 6) is -0.408. The third kappa shape index (κ3) is 3.89. The van der Waals surface area contributed by atoms with Crippen molar-refractivity contribution in [3.8, 4) is 0 Å². The lowest BCUT2D eigenvalue weighted by Gasteiger charge is -2.09. The second kappa shape index (κ2) is 6.82. The number of hydrogen-bond acceptors (Lipinski definition) is 4. The Hall–Kier alpha value is -1.73. The Morgan fingerprint density at radius 3 is 2.71 bits per heavy atom. The average molecular weight is 374 g/mol. The summed E-state index contributed by atoms with van der Waals surface area (Å²) in [5.41, 5.74) is 0.407. The van der Waals surface area contributed by atoms with Gasteiger partial charge in [-0.1, -0.05) is 11.6 Å². The molecule has 2 aromatic rings. The molecule has 2 N–H and O–H groups in total. The number of anilines is 2. The Morgan fingerprint density at radius 2 is 2.14 bits per heavy atom. The van der Waals surface area contributed by atoms with E-state index in [1.165, 1.54) is 12.1 Å². The number of halogens is 3. The number of hydrogen-bond donors (Lipinski definition) is 2. The zero-order chi connectivity index (χ0) is 15.4. The van der Waals surface area contributed by atoms with Gasteiger partial charge in [-0.05, 0) is 47.1 Å². The Balaban J connectivity index is 2.18. The third-order valence-corrected chi connectivity index (χ3v) is 3.42. The van der Waals surface area contributed by atoms with Crippen LogP contribution in [-0.2, 0) is 0 Å². The predicted octanol–water partition coefficient (Wildman–Crippen LogP) is 3.72. The van der Waals surface area contributed by atoms with E-state index in [0.717, 1.165) is 6.07 Å². The van der Waals surface area contributed by atoms with Crippen molar-refractivity contribution in [2.45, 2.75) is 6.92 Å². The van der Waals surface area contributed by atoms with E-state index < -0.39 is 11.7 Å². The smallest absolute Gasteiger partial charge is 0.276 e. The van der Waals surface area contributed by atoms with Gasteiger partial charge in [0.15, 0.2) is 5.69 Å². The minimum atomic E-state index is -0.500. The van der Waals surface area contributed by atoms with Gasteiger partial charge in [0.1, 0.15) is 11.6 Å². The molecule has 0 saturated carbocycles. The Labute approximate surface area is 134 Å². The molecule has 5 nitrogen and oxygen atoms in total. The number of carbonyl (C=O) groups is 1. The van der Waals surface area contributed by atoms with E-state index in [0.29, 0.717) is 16.8 Å². The number of nitrogens with zero attached hydrogens (tertiary/aromatic N) is 2. The summed E-state index contributed by atoms with van der Waals surface area (Å²) in [6.45, 7) is 2.63. The number of aromatic nitrogens is 2. The maximum atomic E-state index is 13.1. The standard InChI is InChI=1S/C13H11BrClFN4O/c1-2-17-11-4-3-10(19-20-11)13(21)18-12-8(14)5-7(16)6-9(12)15/h3-6H,2H2,1H3,(H,17,20)(H,18,21). The molecule has 110 valence electrons. The van der Waals surface area contributed by atoms with Gasteiger partial charge in [0.25, 0.3) is 5.91 Å². The molecule has 0 aliphatic rings. The molecule has 2 rings (SSSR count). The van der Waals surface area contributed by atoms with E-state index >= 15 is 0 Å². The SMILES string of the molecule is CCNc1ccc(C(=O)Nc2c(Cl)cc(F)cc2Br)nn1. The summed E-state index contributed by atoms with van der Waals surface area (Å²) >= 11 is 9.05. The van der Waals surface area contributed by atoms with Crippen LogP contribution in [0.15, 0.2) is 28.7 Å². The maximum Gasteiger partial charge on any atom is 0.276 e. The zero-order valence-corrected chi connectivity index (χ0v) is 13.3. The molecule has 0 radical (unpaired) electrons. The molecule has 1 heterocycles. The zero-order valence-electron chi connectivity index (χ0n) is 11.0. The summed E-state index contributed by atoms with van der Waals surface area (Å²) in [4.78, 5) is 12.1. The molecule has 0 saturated heterocycles. The molecular formula is C13H11BrClFN4O. The molecule has 0 unspecified atom stereocenters. The Bertz CT molecular complexity index is 643. The minimum absolute atomic E-state index is 0.0902. The monoisotopic (exact) mass is 372 g/mol. The summed E-state index contributed by atoms with van der Waals surface area (Å²) in [5, 5.41) is 13.3. The number of amides is 1. The molecule has 1 aromatic carbocycles. The van der Waals surface area contributed by atoms with Crippen LogP contribution in [0.4, 0.5) is 15.9 Å². The summed E-state index contributed by atoms with van der Waals surface area (Å²) in [7, 11) is 0. The van der Waals surface area contributed by atoms with Crippen LogP contribution in [0.3, 0.4) is 0 Å². The van der Waals surface area contributed by atoms with E-state index in [2.05, 4.69) is 36.8 Å². The molecular weight excluding hydrogens is 363 g/mol. The number of nitrogens with one attached hydrogen (secondary N) is 2. The van der Waals surface area contributed by atoms with Crippen molar-refractivity contribution in [1.29, 1.82) is 0 Å². The lowest BCUT2D eigenvalue weighted by Crippen LogP contribution is -2.15. The first kappa shape index (κ1) is 15.7. The van der Waals surface area contributed by atoms with Crippen LogP contribution >= 0.6 is 27.5 Å². The van der Waals surface area contributed by atoms with E-state index in [1.807, 2.05) is 6.92 Å². The molecule has 0 spiro atoms. The molecule has 1 aromatic heterocycles. The highest BCUT2D eigenvalue weighted by atomic mass is 79.9. The van der Waals surface area contributed by atoms with Crippen molar-refractivity contribution in [2.75, 3.05) is 17.2 Å². The first-order valence-electron chi connectivity index (χ1n) is 6.04. The average Bonchev–Trinajstić information content (AvgIpc) is 2.43. The summed E-state index contributed by atoms with van der Waals surface area (Å²) in [6, 6.07) is 5.50. The van der Waals surface area contributed by atoms with Gasteiger partial charge < -0.3 is 10.6 Å². The minimum Gasteiger partial charge on any atom is -0.369 e. The molecule has 1 amide bonds. The number of rotatable bonds is 4. The Morgan fingerprint density at radius 1 is 1.38 bits per heavy atom. The fraction of sp³-hybridized carbons (Fsp3) is 0.154. The van der Waals surface area contributed by atoms with Gasteiger partial charge in [-0.25, -0.2) is 4.39 Å². The largest absolute Gasteiger partial charge is 0.369 e. The van der Waals surface area contributed by atoms with Gasteiger partial charge in [0.05, 0.1) is 10.7 Å². The first-order valence-corrected chi connectivity index (χ1v) is 7.22. The molecule has 0 aliphatic carbocycles. The van der Waals surface area contributed by atoms with Crippen LogP contribution in [0.1, 0.15) is 17.4 Å². The molecule has 0 bridgehead atoms. The first-order chi connectivity index (χ1) is 10.0. The van der Waals surface area contributed by atoms with Crippen molar-refractivity contribution >= 4 is 44.9 Å². The molecule has 0 fully saturated rings. The van der Waals surface area contributed by atoms with Crippen LogP contribution in [0.2, 0.25) is 5.02 Å². The van der Waals surface area contributed by atoms with E-state index in [-0.39, 0.29) is 16.4 Å². The summed E-state index contributed by atoms with van der Waals surface area (Å²) in [6.07, 6.45) is 0. The van der Waals surface area contributed by atoms with Crippen molar-refractivity contribution in [2.24, 2.45) is 0 Å². The van der Waals surface area contributed by atoms with Crippen LogP contribution in [-0.4, -0.2) is 22.6 Å². The van der Waals surface area contributed by atoms with E-state index in [9.17, 15) is 9.18 Å². The van der Waals surface area contributed by atoms with Crippen molar-refractivity contribution in [3.63, 3.8) is 0 Å². The fourth-order valence-corrected chi connectivity index (χ4v) is 2.47. The Kier molecular flexibility index (Phi) is 5.08. The second-order valence-corrected chi connectivity index (χ2v) is 5.29. The highest BCUT2D eigenvalue weighted by molar-refractivity contribution is 9.10. The lowest BCUT2D eigenvalue weighted by molar-refractivity contribution is 0.102. The lowest BCUT2D eigenvalue weighted by atomic mass is 10.3. The van der Waals surface area contributed by atoms with Gasteiger partial charge in [0.2, 0.25) is 0 Å². The van der Waals surface area contributed by atoms with E-state index in [1.54, 1.807) is 6.07 Å². The maximum absolute atomic E-state index is 13.1. The van der Waals surface area contributed by atoms with Crippen LogP contribution in [0, 0.1) is 5.82 Å². The van der Waals surface area contributed by atoms with Crippen molar-refractivity contribution in [3.05, 3.63) is 45.3 Å². The van der Waals surface area contributed by atoms with Crippen molar-refractivity contribution < 1.29 is 9.18 Å². The van der Waals surface area contributed by atoms with Gasteiger partial charge in [0, 0.05) is 11.0 Å². The predicted molar refractivity (Wildman–Crippen MR) is 83.3 cm³/mol. The number of carbonyl (C=O) groups excluding carboxylic acids is 1. The normalized spacial score (nSPS) is 10.3. The molecule has 21 heavy (non-hydrogen) atoms. The third-order valence-electron chi connectivity index (χ3n) is 2.50. The van der Waals surface area contributed by atoms with Gasteiger partial charge in [-0.15, -0.1) is 10.2 Å². The van der Waals surface area contributed by atoms with Crippen molar-refractivity contribution in [1.82, 2.24) is 10.2 Å². The topological polar surface area (TPSA) is 66.9 Å². The highest BCUT2D eigenvalue weighted by Gasteiger charge is 2.14. The number of benzene rings is 1. The van der Waals surface area contributed by atoms with Gasteiger partial charge in [-0.2, -0.15) is 0 Å². The van der Waals surface area contributed by atoms with Gasteiger partial charge in [-0.3, -0.25) is 4.79 Å². The molecule has 0 atom stereocenters. The van der Waals surface area contributed by atoms with Crippen LogP contribution < -0.4 is 10.6 Å². The van der Waals surface area contributed by atoms with Gasteiger partial charge >= 0.3 is 0 Å².